The van der Waals surface area contributed by atoms with Crippen LogP contribution in [0, 0.1) is 5.82 Å². The first-order valence-corrected chi connectivity index (χ1v) is 6.73. The average Bonchev–Trinajstić information content (AvgIpc) is 2.50. The number of carbonyl (C=O) groups is 1. The Morgan fingerprint density at radius 2 is 2.19 bits per heavy atom. The Bertz CT molecular complexity index is 678. The number of carbonyl (C=O) groups excluding carboxylic acids is 1. The maximum atomic E-state index is 13.3. The van der Waals surface area contributed by atoms with Gasteiger partial charge in [0.05, 0.1) is 17.4 Å². The molecule has 0 saturated carbocycles. The molecule has 21 heavy (non-hydrogen) atoms. The van der Waals surface area contributed by atoms with E-state index in [4.69, 9.17) is 11.6 Å². The van der Waals surface area contributed by atoms with E-state index < -0.39 is 11.7 Å². The minimum absolute atomic E-state index is 0.172. The highest BCUT2D eigenvalue weighted by atomic mass is 35.5. The Kier molecular flexibility index (Phi) is 4.70. The van der Waals surface area contributed by atoms with Gasteiger partial charge in [-0.25, -0.2) is 14.4 Å². The molecule has 1 aromatic heterocycles. The Morgan fingerprint density at radius 1 is 1.43 bits per heavy atom. The summed E-state index contributed by atoms with van der Waals surface area (Å²) in [5.41, 5.74) is 0.587. The number of aryl methyl sites for hydroxylation is 1. The van der Waals surface area contributed by atoms with Crippen molar-refractivity contribution in [2.24, 2.45) is 0 Å². The lowest BCUT2D eigenvalue weighted by molar-refractivity contribution is 0.0963. The Hall–Kier alpha value is -2.21. The number of nitrogens with zero attached hydrogens (tertiary/aromatic N) is 2. The Morgan fingerprint density at radius 3 is 2.86 bits per heavy atom. The third-order valence-corrected chi connectivity index (χ3v) is 3.09. The molecule has 1 heterocycles. The minimum atomic E-state index is -0.498. The summed E-state index contributed by atoms with van der Waals surface area (Å²) in [5.74, 6) is 0.0888. The van der Waals surface area contributed by atoms with E-state index in [0.29, 0.717) is 28.8 Å². The third-order valence-electron chi connectivity index (χ3n) is 2.82. The van der Waals surface area contributed by atoms with Gasteiger partial charge in [0.2, 0.25) is 0 Å². The number of rotatable bonds is 4. The molecule has 7 heteroatoms. The van der Waals surface area contributed by atoms with Crippen LogP contribution >= 0.6 is 11.6 Å². The Balaban J connectivity index is 2.42. The fraction of sp³-hybridized carbons (Fsp3) is 0.214. The van der Waals surface area contributed by atoms with Crippen LogP contribution in [0.4, 0.5) is 15.9 Å². The van der Waals surface area contributed by atoms with Crippen LogP contribution in [0.5, 0.6) is 0 Å². The molecule has 0 bridgehead atoms. The second kappa shape index (κ2) is 6.49. The highest BCUT2D eigenvalue weighted by Crippen LogP contribution is 2.25. The number of nitrogens with one attached hydrogen (secondary N) is 2. The first kappa shape index (κ1) is 15.2. The topological polar surface area (TPSA) is 66.9 Å². The number of hydrogen-bond donors (Lipinski definition) is 2. The first-order chi connectivity index (χ1) is 10.0. The molecule has 0 aliphatic rings. The molecule has 2 aromatic rings. The van der Waals surface area contributed by atoms with Crippen LogP contribution in [0.1, 0.15) is 23.1 Å². The van der Waals surface area contributed by atoms with Gasteiger partial charge in [-0.1, -0.05) is 18.5 Å². The van der Waals surface area contributed by atoms with Crippen LogP contribution in [-0.2, 0) is 6.42 Å². The SMILES string of the molecule is CCc1ncc(Cl)c(Nc2ccc(F)cc2C(=O)NC)n1. The van der Waals surface area contributed by atoms with E-state index in [1.165, 1.54) is 25.4 Å². The molecular formula is C14H14ClFN4O. The monoisotopic (exact) mass is 308 g/mol. The molecule has 110 valence electrons. The van der Waals surface area contributed by atoms with E-state index in [0.717, 1.165) is 6.07 Å². The first-order valence-electron chi connectivity index (χ1n) is 6.35. The fourth-order valence-corrected chi connectivity index (χ4v) is 1.88. The summed E-state index contributed by atoms with van der Waals surface area (Å²) >= 11 is 6.04. The summed E-state index contributed by atoms with van der Waals surface area (Å²) in [6, 6.07) is 3.87. The summed E-state index contributed by atoms with van der Waals surface area (Å²) in [5, 5.41) is 5.73. The van der Waals surface area contributed by atoms with E-state index in [1.54, 1.807) is 0 Å². The predicted octanol–water partition coefficient (Wildman–Crippen LogP) is 2.93. The summed E-state index contributed by atoms with van der Waals surface area (Å²) in [6.45, 7) is 1.92. The average molecular weight is 309 g/mol. The largest absolute Gasteiger partial charge is 0.355 e. The normalized spacial score (nSPS) is 10.3. The standard InChI is InChI=1S/C14H14ClFN4O/c1-3-12-18-7-10(15)13(20-12)19-11-5-4-8(16)6-9(11)14(21)17-2/h4-7H,3H2,1-2H3,(H,17,21)(H,18,19,20). The molecule has 2 N–H and O–H groups in total. The molecule has 0 radical (unpaired) electrons. The molecule has 2 rings (SSSR count). The number of benzene rings is 1. The van der Waals surface area contributed by atoms with Crippen LogP contribution in [0.15, 0.2) is 24.4 Å². The molecule has 0 spiro atoms. The number of amides is 1. The van der Waals surface area contributed by atoms with Crippen LogP contribution in [0.25, 0.3) is 0 Å². The maximum Gasteiger partial charge on any atom is 0.253 e. The van der Waals surface area contributed by atoms with Crippen molar-refractivity contribution >= 4 is 29.0 Å². The minimum Gasteiger partial charge on any atom is -0.355 e. The lowest BCUT2D eigenvalue weighted by Gasteiger charge is -2.12. The molecule has 1 aromatic carbocycles. The van der Waals surface area contributed by atoms with Crippen LogP contribution in [0.2, 0.25) is 5.02 Å². The lowest BCUT2D eigenvalue weighted by atomic mass is 10.1. The zero-order valence-electron chi connectivity index (χ0n) is 11.6. The van der Waals surface area contributed by atoms with Gasteiger partial charge in [0.25, 0.3) is 5.91 Å². The van der Waals surface area contributed by atoms with E-state index in [9.17, 15) is 9.18 Å². The molecule has 1 amide bonds. The van der Waals surface area contributed by atoms with Gasteiger partial charge in [0.1, 0.15) is 16.7 Å². The van der Waals surface area contributed by atoms with Crippen molar-refractivity contribution in [3.05, 3.63) is 46.6 Å². The van der Waals surface area contributed by atoms with Crippen LogP contribution < -0.4 is 10.6 Å². The summed E-state index contributed by atoms with van der Waals surface area (Å²) in [7, 11) is 1.48. The van der Waals surface area contributed by atoms with Gasteiger partial charge in [-0.2, -0.15) is 0 Å². The van der Waals surface area contributed by atoms with Crippen LogP contribution in [0.3, 0.4) is 0 Å². The quantitative estimate of drug-likeness (QED) is 0.911. The van der Waals surface area contributed by atoms with Crippen molar-refractivity contribution in [3.8, 4) is 0 Å². The van der Waals surface area contributed by atoms with Crippen molar-refractivity contribution in [3.63, 3.8) is 0 Å². The van der Waals surface area contributed by atoms with Gasteiger partial charge in [-0.3, -0.25) is 4.79 Å². The summed E-state index contributed by atoms with van der Waals surface area (Å²) < 4.78 is 13.3. The molecular weight excluding hydrogens is 295 g/mol. The van der Waals surface area contributed by atoms with E-state index in [1.807, 2.05) is 6.92 Å². The van der Waals surface area contributed by atoms with Gasteiger partial charge >= 0.3 is 0 Å². The zero-order valence-corrected chi connectivity index (χ0v) is 12.3. The molecule has 0 atom stereocenters. The molecule has 0 fully saturated rings. The van der Waals surface area contributed by atoms with Crippen molar-refractivity contribution in [1.29, 1.82) is 0 Å². The van der Waals surface area contributed by atoms with Gasteiger partial charge in [-0.15, -0.1) is 0 Å². The molecule has 0 aliphatic carbocycles. The van der Waals surface area contributed by atoms with Gasteiger partial charge in [0.15, 0.2) is 5.82 Å². The van der Waals surface area contributed by atoms with Crippen molar-refractivity contribution in [2.75, 3.05) is 12.4 Å². The summed E-state index contributed by atoms with van der Waals surface area (Å²) in [6.07, 6.45) is 2.14. The van der Waals surface area contributed by atoms with Gasteiger partial charge < -0.3 is 10.6 Å². The Labute approximate surface area is 126 Å². The third kappa shape index (κ3) is 3.46. The van der Waals surface area contributed by atoms with E-state index in [2.05, 4.69) is 20.6 Å². The van der Waals surface area contributed by atoms with Gasteiger partial charge in [0, 0.05) is 13.5 Å². The second-order valence-corrected chi connectivity index (χ2v) is 4.64. The smallest absolute Gasteiger partial charge is 0.253 e. The molecule has 0 saturated heterocycles. The maximum absolute atomic E-state index is 13.3. The predicted molar refractivity (Wildman–Crippen MR) is 79.5 cm³/mol. The number of hydrogen-bond acceptors (Lipinski definition) is 4. The number of halogens is 2. The number of anilines is 2. The van der Waals surface area contributed by atoms with Crippen LogP contribution in [-0.4, -0.2) is 22.9 Å². The molecule has 0 unspecified atom stereocenters. The molecule has 0 aliphatic heterocycles. The van der Waals surface area contributed by atoms with E-state index in [-0.39, 0.29) is 5.56 Å². The highest BCUT2D eigenvalue weighted by Gasteiger charge is 2.13. The molecule has 5 nitrogen and oxygen atoms in total. The zero-order chi connectivity index (χ0) is 15.4. The van der Waals surface area contributed by atoms with E-state index >= 15 is 0 Å². The fourth-order valence-electron chi connectivity index (χ4n) is 1.74. The van der Waals surface area contributed by atoms with Crippen molar-refractivity contribution < 1.29 is 9.18 Å². The van der Waals surface area contributed by atoms with Crippen molar-refractivity contribution in [1.82, 2.24) is 15.3 Å². The summed E-state index contributed by atoms with van der Waals surface area (Å²) in [4.78, 5) is 20.1. The lowest BCUT2D eigenvalue weighted by Crippen LogP contribution is -2.19. The second-order valence-electron chi connectivity index (χ2n) is 4.23. The van der Waals surface area contributed by atoms with Gasteiger partial charge in [-0.05, 0) is 18.2 Å². The number of aromatic nitrogens is 2. The highest BCUT2D eigenvalue weighted by molar-refractivity contribution is 6.32. The van der Waals surface area contributed by atoms with Crippen molar-refractivity contribution in [2.45, 2.75) is 13.3 Å².